The molecule has 0 saturated carbocycles. The van der Waals surface area contributed by atoms with E-state index in [0.29, 0.717) is 11.1 Å². The van der Waals surface area contributed by atoms with E-state index < -0.39 is 31.4 Å². The Kier molecular flexibility index (Phi) is 7.28. The van der Waals surface area contributed by atoms with Gasteiger partial charge in [-0.2, -0.15) is 13.2 Å². The Morgan fingerprint density at radius 1 is 1.19 bits per heavy atom. The lowest BCUT2D eigenvalue weighted by atomic mass is 10.1. The van der Waals surface area contributed by atoms with Crippen molar-refractivity contribution in [1.29, 1.82) is 0 Å². The molecule has 1 aromatic rings. The second-order valence-electron chi connectivity index (χ2n) is 3.61. The molecule has 0 aliphatic heterocycles. The Morgan fingerprint density at radius 2 is 1.62 bits per heavy atom. The van der Waals surface area contributed by atoms with Gasteiger partial charge in [0, 0.05) is 0 Å². The van der Waals surface area contributed by atoms with Crippen LogP contribution >= 0.6 is 0 Å². The van der Waals surface area contributed by atoms with E-state index in [1.54, 1.807) is 6.92 Å². The highest BCUT2D eigenvalue weighted by molar-refractivity contribution is 8.02. The van der Waals surface area contributed by atoms with E-state index in [2.05, 4.69) is 6.58 Å². The minimum atomic E-state index is -5.15. The first kappa shape index (κ1) is 19.8. The highest BCUT2D eigenvalue weighted by Crippen LogP contribution is 2.21. The maximum atomic E-state index is 12.0. The van der Waals surface area contributed by atoms with Gasteiger partial charge in [-0.1, -0.05) is 38.1 Å². The van der Waals surface area contributed by atoms with E-state index in [9.17, 15) is 25.8 Å². The fraction of sp³-hybridized carbons (Fsp3) is 0.333. The fourth-order valence-corrected chi connectivity index (χ4v) is 3.17. The van der Waals surface area contributed by atoms with Gasteiger partial charge in [-0.25, -0.2) is 12.6 Å². The lowest BCUT2D eigenvalue weighted by Gasteiger charge is -2.09. The summed E-state index contributed by atoms with van der Waals surface area (Å²) in [4.78, 5) is -0.407. The number of allylic oxidation sites excluding steroid dienone is 1. The van der Waals surface area contributed by atoms with Crippen molar-refractivity contribution in [3.63, 3.8) is 0 Å². The molecule has 120 valence electrons. The van der Waals surface area contributed by atoms with Gasteiger partial charge in [-0.05, 0) is 24.6 Å². The normalized spacial score (nSPS) is 13.0. The zero-order valence-corrected chi connectivity index (χ0v) is 13.3. The Morgan fingerprint density at radius 3 is 1.95 bits per heavy atom. The average molecular weight is 343 g/mol. The van der Waals surface area contributed by atoms with E-state index in [1.807, 2.05) is 13.8 Å². The average Bonchev–Trinajstić information content (AvgIpc) is 2.39. The van der Waals surface area contributed by atoms with Crippen LogP contribution in [0.4, 0.5) is 13.2 Å². The SMILES string of the molecule is C=C(C)c1ccc(S(=O)(=O)NS(=O)C(F)(F)F)cc1.CC. The highest BCUT2D eigenvalue weighted by Gasteiger charge is 2.40. The Bertz CT molecular complexity index is 608. The Hall–Kier alpha value is -1.19. The van der Waals surface area contributed by atoms with Crippen LogP contribution in [-0.2, 0) is 21.0 Å². The zero-order chi connectivity index (χ0) is 16.8. The summed E-state index contributed by atoms with van der Waals surface area (Å²) in [5.74, 6) is 0. The predicted octanol–water partition coefficient (Wildman–Crippen LogP) is 3.21. The molecule has 0 amide bonds. The lowest BCUT2D eigenvalue weighted by molar-refractivity contribution is -0.0389. The quantitative estimate of drug-likeness (QED) is 0.913. The second-order valence-corrected chi connectivity index (χ2v) is 6.75. The molecule has 1 unspecified atom stereocenters. The minimum Gasteiger partial charge on any atom is -0.233 e. The molecule has 1 N–H and O–H groups in total. The van der Waals surface area contributed by atoms with Crippen LogP contribution in [0.5, 0.6) is 0 Å². The molecule has 0 fully saturated rings. The van der Waals surface area contributed by atoms with Gasteiger partial charge in [0.15, 0.2) is 0 Å². The lowest BCUT2D eigenvalue weighted by Crippen LogP contribution is -2.34. The van der Waals surface area contributed by atoms with Crippen LogP contribution in [0, 0.1) is 0 Å². The number of hydrogen-bond acceptors (Lipinski definition) is 3. The van der Waals surface area contributed by atoms with Crippen molar-refractivity contribution in [3.05, 3.63) is 36.4 Å². The number of halogens is 3. The molecule has 21 heavy (non-hydrogen) atoms. The van der Waals surface area contributed by atoms with Gasteiger partial charge in [-0.15, -0.1) is 4.13 Å². The third kappa shape index (κ3) is 5.98. The van der Waals surface area contributed by atoms with Gasteiger partial charge in [0.1, 0.15) is 0 Å². The van der Waals surface area contributed by atoms with Crippen molar-refractivity contribution in [2.45, 2.75) is 31.2 Å². The van der Waals surface area contributed by atoms with Crippen LogP contribution in [0.1, 0.15) is 26.3 Å². The number of nitrogens with one attached hydrogen (secondary N) is 1. The molecule has 0 spiro atoms. The number of benzene rings is 1. The summed E-state index contributed by atoms with van der Waals surface area (Å²) in [5, 5.41) is 0. The van der Waals surface area contributed by atoms with E-state index in [0.717, 1.165) is 16.3 Å². The summed E-state index contributed by atoms with van der Waals surface area (Å²) >= 11 is 0. The van der Waals surface area contributed by atoms with E-state index in [4.69, 9.17) is 0 Å². The highest BCUT2D eigenvalue weighted by atomic mass is 32.3. The molecule has 0 aromatic heterocycles. The van der Waals surface area contributed by atoms with Crippen molar-refractivity contribution in [2.24, 2.45) is 0 Å². The van der Waals surface area contributed by atoms with Crippen LogP contribution in [0.3, 0.4) is 0 Å². The van der Waals surface area contributed by atoms with Gasteiger partial charge in [-0.3, -0.25) is 0 Å². The number of sulfonamides is 1. The van der Waals surface area contributed by atoms with Gasteiger partial charge < -0.3 is 0 Å². The molecule has 1 aromatic carbocycles. The monoisotopic (exact) mass is 343 g/mol. The molecule has 0 aliphatic carbocycles. The third-order valence-electron chi connectivity index (χ3n) is 2.05. The molecular formula is C12H16F3NO3S2. The summed E-state index contributed by atoms with van der Waals surface area (Å²) in [6, 6.07) is 5.01. The largest absolute Gasteiger partial charge is 0.486 e. The van der Waals surface area contributed by atoms with Crippen LogP contribution in [-0.4, -0.2) is 18.1 Å². The smallest absolute Gasteiger partial charge is 0.233 e. The van der Waals surface area contributed by atoms with Gasteiger partial charge in [0.05, 0.1) is 4.90 Å². The van der Waals surface area contributed by atoms with Crippen LogP contribution < -0.4 is 4.13 Å². The second kappa shape index (κ2) is 7.71. The number of rotatable bonds is 4. The molecule has 0 radical (unpaired) electrons. The first-order valence-corrected chi connectivity index (χ1v) is 8.44. The minimum absolute atomic E-state index is 0.407. The summed E-state index contributed by atoms with van der Waals surface area (Å²) < 4.78 is 70.9. The number of alkyl halides is 3. The molecule has 9 heteroatoms. The van der Waals surface area contributed by atoms with E-state index in [1.165, 1.54) is 12.1 Å². The summed E-state index contributed by atoms with van der Waals surface area (Å²) in [5.41, 5.74) is -3.82. The van der Waals surface area contributed by atoms with Crippen molar-refractivity contribution in [1.82, 2.24) is 4.13 Å². The molecular weight excluding hydrogens is 327 g/mol. The molecule has 0 saturated heterocycles. The van der Waals surface area contributed by atoms with Gasteiger partial charge in [0.2, 0.25) is 11.0 Å². The van der Waals surface area contributed by atoms with E-state index >= 15 is 0 Å². The van der Waals surface area contributed by atoms with Crippen LogP contribution in [0.25, 0.3) is 5.57 Å². The van der Waals surface area contributed by atoms with Gasteiger partial charge >= 0.3 is 5.51 Å². The molecule has 1 rings (SSSR count). The zero-order valence-electron chi connectivity index (χ0n) is 11.7. The predicted molar refractivity (Wildman–Crippen MR) is 77.0 cm³/mol. The molecule has 0 bridgehead atoms. The van der Waals surface area contributed by atoms with Crippen molar-refractivity contribution < 1.29 is 25.8 Å². The first-order valence-electron chi connectivity index (χ1n) is 5.81. The van der Waals surface area contributed by atoms with Crippen molar-refractivity contribution in [3.8, 4) is 0 Å². The Balaban J connectivity index is 0.00000191. The van der Waals surface area contributed by atoms with Crippen molar-refractivity contribution in [2.75, 3.05) is 0 Å². The maximum Gasteiger partial charge on any atom is 0.486 e. The van der Waals surface area contributed by atoms with Crippen LogP contribution in [0.15, 0.2) is 35.7 Å². The fourth-order valence-electron chi connectivity index (χ4n) is 1.11. The maximum absolute atomic E-state index is 12.0. The van der Waals surface area contributed by atoms with Gasteiger partial charge in [0.25, 0.3) is 10.0 Å². The summed E-state index contributed by atoms with van der Waals surface area (Å²) in [6.45, 7) is 9.33. The molecule has 1 atom stereocenters. The van der Waals surface area contributed by atoms with E-state index in [-0.39, 0.29) is 0 Å². The third-order valence-corrected chi connectivity index (χ3v) is 4.85. The van der Waals surface area contributed by atoms with Crippen molar-refractivity contribution >= 4 is 26.6 Å². The Labute approximate surface area is 124 Å². The van der Waals surface area contributed by atoms with Crippen LogP contribution in [0.2, 0.25) is 0 Å². The summed E-state index contributed by atoms with van der Waals surface area (Å²) in [6.07, 6.45) is 0. The standard InChI is InChI=1S/C10H10F3NO3S2.C2H6/c1-7(2)8-3-5-9(6-4-8)19(16,17)14-18(15)10(11,12)13;1-2/h3-6,14H,1H2,2H3;1-2H3. The molecule has 4 nitrogen and oxygen atoms in total. The number of hydrogen-bond donors (Lipinski definition) is 1. The molecule has 0 heterocycles. The topological polar surface area (TPSA) is 63.2 Å². The summed E-state index contributed by atoms with van der Waals surface area (Å²) in [7, 11) is -8.16. The first-order chi connectivity index (χ1) is 9.54. The molecule has 0 aliphatic rings.